The lowest BCUT2D eigenvalue weighted by Gasteiger charge is -2.30. The van der Waals surface area contributed by atoms with Crippen molar-refractivity contribution in [2.75, 3.05) is 19.6 Å². The molecule has 2 aliphatic heterocycles. The Hall–Kier alpha value is -1.79. The van der Waals surface area contributed by atoms with Gasteiger partial charge in [0.25, 0.3) is 0 Å². The molecule has 25 heavy (non-hydrogen) atoms. The number of piperidine rings is 1. The van der Waals surface area contributed by atoms with Gasteiger partial charge in [0.15, 0.2) is 0 Å². The fourth-order valence-corrected chi connectivity index (χ4v) is 3.48. The van der Waals surface area contributed by atoms with E-state index in [0.717, 1.165) is 25.8 Å². The average molecular weight is 367 g/mol. The molecule has 0 aromatic heterocycles. The fraction of sp³-hybridized carbons (Fsp3) is 0.556. The Labute approximate surface area is 155 Å². The summed E-state index contributed by atoms with van der Waals surface area (Å²) in [5.74, 6) is -0.111. The number of hydrogen-bond donors (Lipinski definition) is 3. The van der Waals surface area contributed by atoms with Crippen LogP contribution in [0.5, 0.6) is 0 Å². The van der Waals surface area contributed by atoms with Gasteiger partial charge in [-0.2, -0.15) is 0 Å². The first kappa shape index (κ1) is 19.5. The molecule has 2 unspecified atom stereocenters. The van der Waals surface area contributed by atoms with Gasteiger partial charge in [-0.15, -0.1) is 12.4 Å². The van der Waals surface area contributed by atoms with Crippen LogP contribution in [0.3, 0.4) is 0 Å². The van der Waals surface area contributed by atoms with E-state index < -0.39 is 0 Å². The van der Waals surface area contributed by atoms with Crippen molar-refractivity contribution in [1.82, 2.24) is 20.9 Å². The summed E-state index contributed by atoms with van der Waals surface area (Å²) in [6, 6.07) is 8.64. The number of hydrogen-bond acceptors (Lipinski definition) is 3. The number of carbonyl (C=O) groups is 2. The van der Waals surface area contributed by atoms with Crippen LogP contribution in [0.2, 0.25) is 0 Å². The van der Waals surface area contributed by atoms with Crippen LogP contribution >= 0.6 is 12.4 Å². The summed E-state index contributed by atoms with van der Waals surface area (Å²) in [5.41, 5.74) is 2.49. The minimum absolute atomic E-state index is 0. The summed E-state index contributed by atoms with van der Waals surface area (Å²) in [6.07, 6.45) is 2.73. The Bertz CT molecular complexity index is 610. The van der Waals surface area contributed by atoms with Crippen LogP contribution in [0.1, 0.15) is 30.9 Å². The molecule has 3 N–H and O–H groups in total. The summed E-state index contributed by atoms with van der Waals surface area (Å²) < 4.78 is 0. The fourth-order valence-electron chi connectivity index (χ4n) is 3.48. The zero-order chi connectivity index (χ0) is 16.9. The van der Waals surface area contributed by atoms with Crippen molar-refractivity contribution in [3.63, 3.8) is 0 Å². The molecule has 1 saturated heterocycles. The second kappa shape index (κ2) is 9.06. The Morgan fingerprint density at radius 1 is 1.28 bits per heavy atom. The summed E-state index contributed by atoms with van der Waals surface area (Å²) in [6.45, 7) is 4.38. The third kappa shape index (κ3) is 5.34. The van der Waals surface area contributed by atoms with Gasteiger partial charge in [0.2, 0.25) is 5.91 Å². The van der Waals surface area contributed by atoms with Gasteiger partial charge in [-0.05, 0) is 43.9 Å². The monoisotopic (exact) mass is 366 g/mol. The lowest BCUT2D eigenvalue weighted by atomic mass is 10.0. The maximum Gasteiger partial charge on any atom is 0.318 e. The standard InChI is InChI=1S/C18H26N4O2.ClH/c1-13-10-16(6-8-19-13)21-17(23)11-20-18(24)22-9-7-14-4-2-3-5-15(14)12-22;/h2-5,13,16,19H,6-12H2,1H3,(H,20,24)(H,21,23);1H. The van der Waals surface area contributed by atoms with Crippen molar-refractivity contribution in [1.29, 1.82) is 0 Å². The van der Waals surface area contributed by atoms with E-state index in [1.807, 2.05) is 12.1 Å². The van der Waals surface area contributed by atoms with Gasteiger partial charge < -0.3 is 20.9 Å². The van der Waals surface area contributed by atoms with Crippen molar-refractivity contribution in [3.8, 4) is 0 Å². The van der Waals surface area contributed by atoms with E-state index >= 15 is 0 Å². The summed E-state index contributed by atoms with van der Waals surface area (Å²) in [7, 11) is 0. The third-order valence-corrected chi connectivity index (χ3v) is 4.81. The normalized spacial score (nSPS) is 22.4. The number of rotatable bonds is 3. The topological polar surface area (TPSA) is 73.5 Å². The number of benzene rings is 1. The molecular formula is C18H27ClN4O2. The molecule has 1 fully saturated rings. The number of halogens is 1. The predicted molar refractivity (Wildman–Crippen MR) is 99.8 cm³/mol. The number of fused-ring (bicyclic) bond motifs is 1. The zero-order valence-corrected chi connectivity index (χ0v) is 15.4. The first-order valence-corrected chi connectivity index (χ1v) is 8.74. The molecular weight excluding hydrogens is 340 g/mol. The molecule has 0 bridgehead atoms. The molecule has 0 spiro atoms. The highest BCUT2D eigenvalue weighted by atomic mass is 35.5. The van der Waals surface area contributed by atoms with E-state index in [-0.39, 0.29) is 36.9 Å². The number of nitrogens with zero attached hydrogens (tertiary/aromatic N) is 1. The van der Waals surface area contributed by atoms with Crippen LogP contribution in [0, 0.1) is 0 Å². The second-order valence-electron chi connectivity index (χ2n) is 6.74. The van der Waals surface area contributed by atoms with Gasteiger partial charge in [0.1, 0.15) is 0 Å². The third-order valence-electron chi connectivity index (χ3n) is 4.81. The molecule has 0 radical (unpaired) electrons. The van der Waals surface area contributed by atoms with E-state index in [1.165, 1.54) is 11.1 Å². The van der Waals surface area contributed by atoms with Gasteiger partial charge in [0, 0.05) is 25.2 Å². The van der Waals surface area contributed by atoms with Gasteiger partial charge in [-0.25, -0.2) is 4.79 Å². The van der Waals surface area contributed by atoms with E-state index in [0.29, 0.717) is 19.1 Å². The van der Waals surface area contributed by atoms with Crippen LogP contribution in [0.15, 0.2) is 24.3 Å². The van der Waals surface area contributed by atoms with Crippen LogP contribution in [-0.2, 0) is 17.8 Å². The van der Waals surface area contributed by atoms with E-state index in [1.54, 1.807) is 4.90 Å². The highest BCUT2D eigenvalue weighted by Crippen LogP contribution is 2.18. The first-order chi connectivity index (χ1) is 11.6. The molecule has 3 rings (SSSR count). The number of amides is 3. The highest BCUT2D eigenvalue weighted by molar-refractivity contribution is 5.85. The number of carbonyl (C=O) groups excluding carboxylic acids is 2. The van der Waals surface area contributed by atoms with Crippen LogP contribution in [0.25, 0.3) is 0 Å². The summed E-state index contributed by atoms with van der Waals surface area (Å²) >= 11 is 0. The van der Waals surface area contributed by atoms with Gasteiger partial charge in [-0.3, -0.25) is 4.79 Å². The molecule has 2 atom stereocenters. The second-order valence-corrected chi connectivity index (χ2v) is 6.74. The van der Waals surface area contributed by atoms with E-state index in [4.69, 9.17) is 0 Å². The Balaban J connectivity index is 0.00000225. The van der Waals surface area contributed by atoms with Crippen molar-refractivity contribution in [2.24, 2.45) is 0 Å². The zero-order valence-electron chi connectivity index (χ0n) is 14.6. The van der Waals surface area contributed by atoms with Crippen LogP contribution < -0.4 is 16.0 Å². The lowest BCUT2D eigenvalue weighted by Crippen LogP contribution is -2.50. The summed E-state index contributed by atoms with van der Waals surface area (Å²) in [4.78, 5) is 26.1. The van der Waals surface area contributed by atoms with Gasteiger partial charge >= 0.3 is 6.03 Å². The SMILES string of the molecule is CC1CC(NC(=O)CNC(=O)N2CCc3ccccc3C2)CCN1.Cl. The number of nitrogens with one attached hydrogen (secondary N) is 3. The molecule has 1 aromatic rings. The highest BCUT2D eigenvalue weighted by Gasteiger charge is 2.22. The molecule has 2 aliphatic rings. The molecule has 2 heterocycles. The van der Waals surface area contributed by atoms with Crippen LogP contribution in [-0.4, -0.2) is 48.6 Å². The predicted octanol–water partition coefficient (Wildman–Crippen LogP) is 1.43. The molecule has 6 nitrogen and oxygen atoms in total. The molecule has 3 amide bonds. The summed E-state index contributed by atoms with van der Waals surface area (Å²) in [5, 5.41) is 9.11. The smallest absolute Gasteiger partial charge is 0.318 e. The van der Waals surface area contributed by atoms with Crippen molar-refractivity contribution in [3.05, 3.63) is 35.4 Å². The largest absolute Gasteiger partial charge is 0.352 e. The van der Waals surface area contributed by atoms with Crippen molar-refractivity contribution >= 4 is 24.3 Å². The minimum atomic E-state index is -0.168. The van der Waals surface area contributed by atoms with Gasteiger partial charge in [0.05, 0.1) is 6.54 Å². The Kier molecular flexibility index (Phi) is 7.08. The maximum absolute atomic E-state index is 12.3. The van der Waals surface area contributed by atoms with Crippen molar-refractivity contribution < 1.29 is 9.59 Å². The molecule has 0 aliphatic carbocycles. The molecule has 7 heteroatoms. The average Bonchev–Trinajstić information content (AvgIpc) is 2.59. The first-order valence-electron chi connectivity index (χ1n) is 8.74. The van der Waals surface area contributed by atoms with Gasteiger partial charge in [-0.1, -0.05) is 24.3 Å². The van der Waals surface area contributed by atoms with Crippen molar-refractivity contribution in [2.45, 2.75) is 44.8 Å². The van der Waals surface area contributed by atoms with E-state index in [9.17, 15) is 9.59 Å². The number of urea groups is 1. The maximum atomic E-state index is 12.3. The molecule has 0 saturated carbocycles. The lowest BCUT2D eigenvalue weighted by molar-refractivity contribution is -0.121. The minimum Gasteiger partial charge on any atom is -0.352 e. The van der Waals surface area contributed by atoms with E-state index in [2.05, 4.69) is 35.0 Å². The molecule has 1 aromatic carbocycles. The Morgan fingerprint density at radius 3 is 2.80 bits per heavy atom. The van der Waals surface area contributed by atoms with Crippen LogP contribution in [0.4, 0.5) is 4.79 Å². The Morgan fingerprint density at radius 2 is 2.04 bits per heavy atom. The molecule has 138 valence electrons. The quantitative estimate of drug-likeness (QED) is 0.757.